The van der Waals surface area contributed by atoms with Gasteiger partial charge >= 0.3 is 5.97 Å². The molecule has 0 fully saturated rings. The second kappa shape index (κ2) is 7.59. The first-order valence-corrected chi connectivity index (χ1v) is 6.64. The maximum Gasteiger partial charge on any atom is 0.340 e. The van der Waals surface area contributed by atoms with Crippen LogP contribution < -0.4 is 16.4 Å². The zero-order chi connectivity index (χ0) is 15.1. The maximum absolute atomic E-state index is 11.9. The van der Waals surface area contributed by atoms with Crippen molar-refractivity contribution in [2.45, 2.75) is 13.8 Å². The summed E-state index contributed by atoms with van der Waals surface area (Å²) in [6.07, 6.45) is 0. The lowest BCUT2D eigenvalue weighted by atomic mass is 10.1. The van der Waals surface area contributed by atoms with E-state index in [0.29, 0.717) is 17.9 Å². The molecule has 0 atom stereocenters. The van der Waals surface area contributed by atoms with Gasteiger partial charge < -0.3 is 21.1 Å². The number of hydrogen-bond donors (Lipinski definition) is 3. The van der Waals surface area contributed by atoms with Gasteiger partial charge in [-0.3, -0.25) is 4.79 Å². The number of likely N-dealkylation sites (N-methyl/N-ethyl adjacent to an activating group) is 1. The molecule has 0 bridgehead atoms. The molecule has 1 aromatic rings. The second-order valence-electron chi connectivity index (χ2n) is 3.95. The van der Waals surface area contributed by atoms with Crippen molar-refractivity contribution < 1.29 is 14.3 Å². The molecule has 6 nitrogen and oxygen atoms in total. The van der Waals surface area contributed by atoms with Crippen molar-refractivity contribution in [3.63, 3.8) is 0 Å². The summed E-state index contributed by atoms with van der Waals surface area (Å²) < 4.78 is 4.94. The van der Waals surface area contributed by atoms with Gasteiger partial charge in [0, 0.05) is 12.2 Å². The van der Waals surface area contributed by atoms with Crippen molar-refractivity contribution >= 4 is 34.9 Å². The lowest BCUT2D eigenvalue weighted by Crippen LogP contribution is -2.30. The molecule has 1 amide bonds. The third kappa shape index (κ3) is 4.31. The Morgan fingerprint density at radius 1 is 1.35 bits per heavy atom. The lowest BCUT2D eigenvalue weighted by molar-refractivity contribution is -0.119. The molecule has 1 rings (SSSR count). The number of anilines is 2. The number of halogens is 1. The Kier molecular flexibility index (Phi) is 6.11. The molecule has 0 aliphatic heterocycles. The minimum atomic E-state index is -0.542. The molecule has 0 heterocycles. The van der Waals surface area contributed by atoms with Crippen molar-refractivity contribution in [3.8, 4) is 0 Å². The van der Waals surface area contributed by atoms with Crippen LogP contribution in [0.3, 0.4) is 0 Å². The highest BCUT2D eigenvalue weighted by molar-refractivity contribution is 6.34. The predicted molar refractivity (Wildman–Crippen MR) is 79.0 cm³/mol. The van der Waals surface area contributed by atoms with E-state index in [4.69, 9.17) is 22.1 Å². The van der Waals surface area contributed by atoms with E-state index >= 15 is 0 Å². The molecule has 0 spiro atoms. The van der Waals surface area contributed by atoms with Gasteiger partial charge in [0.05, 0.1) is 29.4 Å². The Morgan fingerprint density at radius 2 is 2.05 bits per heavy atom. The van der Waals surface area contributed by atoms with Crippen molar-refractivity contribution in [2.75, 3.05) is 30.7 Å². The number of esters is 1. The van der Waals surface area contributed by atoms with Crippen LogP contribution in [0.4, 0.5) is 11.4 Å². The van der Waals surface area contributed by atoms with Crippen LogP contribution in [0.1, 0.15) is 24.2 Å². The third-order valence-electron chi connectivity index (χ3n) is 2.41. The SMILES string of the molecule is CCNC(=O)CNc1c(Cl)cc(N)cc1C(=O)OCC. The third-order valence-corrected chi connectivity index (χ3v) is 2.71. The van der Waals surface area contributed by atoms with Crippen LogP contribution in [0.25, 0.3) is 0 Å². The number of carbonyl (C=O) groups is 2. The number of amides is 1. The molecule has 7 heteroatoms. The van der Waals surface area contributed by atoms with Crippen molar-refractivity contribution in [1.82, 2.24) is 5.32 Å². The number of hydrogen-bond acceptors (Lipinski definition) is 5. The summed E-state index contributed by atoms with van der Waals surface area (Å²) in [5.41, 5.74) is 6.56. The number of nitrogens with one attached hydrogen (secondary N) is 2. The summed E-state index contributed by atoms with van der Waals surface area (Å²) in [5.74, 6) is -0.740. The average Bonchev–Trinajstić information content (AvgIpc) is 2.37. The van der Waals surface area contributed by atoms with Gasteiger partial charge in [-0.1, -0.05) is 11.6 Å². The molecule has 110 valence electrons. The minimum Gasteiger partial charge on any atom is -0.462 e. The number of ether oxygens (including phenoxy) is 1. The van der Waals surface area contributed by atoms with Crippen LogP contribution in [0.15, 0.2) is 12.1 Å². The fourth-order valence-corrected chi connectivity index (χ4v) is 1.90. The zero-order valence-corrected chi connectivity index (χ0v) is 12.2. The smallest absolute Gasteiger partial charge is 0.340 e. The fraction of sp³-hybridized carbons (Fsp3) is 0.385. The Labute approximate surface area is 122 Å². The summed E-state index contributed by atoms with van der Waals surface area (Å²) in [6, 6.07) is 2.97. The van der Waals surface area contributed by atoms with Crippen LogP contribution in [-0.2, 0) is 9.53 Å². The van der Waals surface area contributed by atoms with Gasteiger partial charge in [-0.05, 0) is 26.0 Å². The monoisotopic (exact) mass is 299 g/mol. The standard InChI is InChI=1S/C13H18ClN3O3/c1-3-16-11(18)7-17-12-9(13(19)20-4-2)5-8(15)6-10(12)14/h5-6,17H,3-4,7,15H2,1-2H3,(H,16,18). The van der Waals surface area contributed by atoms with E-state index in [-0.39, 0.29) is 29.6 Å². The second-order valence-corrected chi connectivity index (χ2v) is 4.36. The zero-order valence-electron chi connectivity index (χ0n) is 11.5. The average molecular weight is 300 g/mol. The predicted octanol–water partition coefficient (Wildman–Crippen LogP) is 1.65. The van der Waals surface area contributed by atoms with E-state index in [1.807, 2.05) is 6.92 Å². The number of benzene rings is 1. The van der Waals surface area contributed by atoms with Crippen LogP contribution in [0.5, 0.6) is 0 Å². The van der Waals surface area contributed by atoms with Crippen molar-refractivity contribution in [3.05, 3.63) is 22.7 Å². The lowest BCUT2D eigenvalue weighted by Gasteiger charge is -2.14. The van der Waals surface area contributed by atoms with E-state index in [2.05, 4.69) is 10.6 Å². The fourth-order valence-electron chi connectivity index (χ4n) is 1.61. The van der Waals surface area contributed by atoms with Gasteiger partial charge in [0.2, 0.25) is 5.91 Å². The first kappa shape index (κ1) is 16.1. The highest BCUT2D eigenvalue weighted by atomic mass is 35.5. The molecule has 1 aromatic carbocycles. The van der Waals surface area contributed by atoms with E-state index in [1.54, 1.807) is 6.92 Å². The van der Waals surface area contributed by atoms with Crippen molar-refractivity contribution in [2.24, 2.45) is 0 Å². The Hall–Kier alpha value is -1.95. The first-order valence-electron chi connectivity index (χ1n) is 6.26. The molecule has 20 heavy (non-hydrogen) atoms. The van der Waals surface area contributed by atoms with Crippen LogP contribution in [0, 0.1) is 0 Å². The minimum absolute atomic E-state index is 0.00385. The highest BCUT2D eigenvalue weighted by Gasteiger charge is 2.17. The van der Waals surface area contributed by atoms with Gasteiger partial charge in [0.15, 0.2) is 0 Å². The van der Waals surface area contributed by atoms with Gasteiger partial charge in [0.1, 0.15) is 0 Å². The summed E-state index contributed by atoms with van der Waals surface area (Å²) in [4.78, 5) is 23.3. The summed E-state index contributed by atoms with van der Waals surface area (Å²) >= 11 is 6.06. The van der Waals surface area contributed by atoms with Crippen molar-refractivity contribution in [1.29, 1.82) is 0 Å². The quantitative estimate of drug-likeness (QED) is 0.548. The van der Waals surface area contributed by atoms with Gasteiger partial charge in [-0.15, -0.1) is 0 Å². The Bertz CT molecular complexity index is 506. The molecule has 0 aromatic heterocycles. The molecular weight excluding hydrogens is 282 g/mol. The molecule has 0 aliphatic carbocycles. The van der Waals surface area contributed by atoms with E-state index in [1.165, 1.54) is 12.1 Å². The van der Waals surface area contributed by atoms with Gasteiger partial charge in [-0.2, -0.15) is 0 Å². The summed E-state index contributed by atoms with van der Waals surface area (Å²) in [7, 11) is 0. The van der Waals surface area contributed by atoms with Crippen LogP contribution in [0.2, 0.25) is 5.02 Å². The molecule has 0 radical (unpaired) electrons. The largest absolute Gasteiger partial charge is 0.462 e. The van der Waals surface area contributed by atoms with Gasteiger partial charge in [0.25, 0.3) is 0 Å². The van der Waals surface area contributed by atoms with Crippen LogP contribution >= 0.6 is 11.6 Å². The molecular formula is C13H18ClN3O3. The molecule has 4 N–H and O–H groups in total. The summed E-state index contributed by atoms with van der Waals surface area (Å²) in [5, 5.41) is 5.73. The number of carbonyl (C=O) groups excluding carboxylic acids is 2. The molecule has 0 unspecified atom stereocenters. The number of nitrogen functional groups attached to an aromatic ring is 1. The molecule has 0 saturated carbocycles. The van der Waals surface area contributed by atoms with E-state index < -0.39 is 5.97 Å². The van der Waals surface area contributed by atoms with E-state index in [0.717, 1.165) is 0 Å². The normalized spacial score (nSPS) is 9.95. The molecule has 0 saturated heterocycles. The first-order chi connectivity index (χ1) is 9.49. The maximum atomic E-state index is 11.9. The Morgan fingerprint density at radius 3 is 2.65 bits per heavy atom. The number of rotatable bonds is 6. The van der Waals surface area contributed by atoms with Gasteiger partial charge in [-0.25, -0.2) is 4.79 Å². The number of nitrogens with two attached hydrogens (primary N) is 1. The highest BCUT2D eigenvalue weighted by Crippen LogP contribution is 2.29. The Balaban J connectivity index is 2.98. The van der Waals surface area contributed by atoms with Crippen LogP contribution in [-0.4, -0.2) is 31.6 Å². The summed E-state index contributed by atoms with van der Waals surface area (Å²) in [6.45, 7) is 4.29. The van der Waals surface area contributed by atoms with E-state index in [9.17, 15) is 9.59 Å². The topological polar surface area (TPSA) is 93.5 Å². The molecule has 0 aliphatic rings.